The number of halogens is 2. The Morgan fingerprint density at radius 3 is 3.00 bits per heavy atom. The Kier molecular flexibility index (Phi) is 5.10. The molecule has 0 atom stereocenters. The molecule has 2 aromatic heterocycles. The summed E-state index contributed by atoms with van der Waals surface area (Å²) in [5.74, 6) is 0.0611. The summed E-state index contributed by atoms with van der Waals surface area (Å²) in [5, 5.41) is 12.8. The zero-order valence-corrected chi connectivity index (χ0v) is 15.7. The van der Waals surface area contributed by atoms with Crippen molar-refractivity contribution in [2.24, 2.45) is 0 Å². The normalized spacial score (nSPS) is 16.6. The molecular formula is C15H18BrClN4OS. The van der Waals surface area contributed by atoms with Gasteiger partial charge in [-0.25, -0.2) is 0 Å². The molecule has 4 rings (SSSR count). The second-order valence-electron chi connectivity index (χ2n) is 5.88. The number of rotatable bonds is 4. The lowest BCUT2D eigenvalue weighted by atomic mass is 10.1. The fraction of sp³-hybridized carbons (Fsp3) is 0.467. The van der Waals surface area contributed by atoms with Crippen molar-refractivity contribution in [3.05, 3.63) is 37.7 Å². The molecule has 0 saturated heterocycles. The van der Waals surface area contributed by atoms with Crippen LogP contribution in [0.2, 0.25) is 0 Å². The average molecular weight is 418 g/mol. The molecule has 23 heavy (non-hydrogen) atoms. The molecule has 5 nitrogen and oxygen atoms in total. The molecule has 1 aliphatic carbocycles. The Labute approximate surface area is 153 Å². The minimum Gasteiger partial charge on any atom is -0.330 e. The van der Waals surface area contributed by atoms with Crippen LogP contribution in [-0.4, -0.2) is 33.6 Å². The van der Waals surface area contributed by atoms with Crippen molar-refractivity contribution >= 4 is 45.6 Å². The van der Waals surface area contributed by atoms with Crippen molar-refractivity contribution in [3.8, 4) is 0 Å². The summed E-state index contributed by atoms with van der Waals surface area (Å²) in [6, 6.07) is 2.46. The van der Waals surface area contributed by atoms with E-state index in [9.17, 15) is 4.79 Å². The summed E-state index contributed by atoms with van der Waals surface area (Å²) in [6.45, 7) is 2.34. The molecule has 1 fully saturated rings. The van der Waals surface area contributed by atoms with E-state index in [-0.39, 0.29) is 18.3 Å². The zero-order chi connectivity index (χ0) is 15.1. The van der Waals surface area contributed by atoms with Gasteiger partial charge in [0.05, 0.1) is 3.79 Å². The van der Waals surface area contributed by atoms with E-state index in [1.807, 2.05) is 4.90 Å². The first-order valence-corrected chi connectivity index (χ1v) is 9.20. The van der Waals surface area contributed by atoms with Gasteiger partial charge in [0.15, 0.2) is 5.69 Å². The Morgan fingerprint density at radius 2 is 2.30 bits per heavy atom. The van der Waals surface area contributed by atoms with Crippen LogP contribution in [0.1, 0.15) is 40.2 Å². The zero-order valence-electron chi connectivity index (χ0n) is 12.5. The van der Waals surface area contributed by atoms with Crippen molar-refractivity contribution in [1.82, 2.24) is 20.4 Å². The maximum atomic E-state index is 13.0. The number of aromatic nitrogens is 2. The third kappa shape index (κ3) is 3.47. The predicted octanol–water partition coefficient (Wildman–Crippen LogP) is 3.11. The number of amides is 1. The first kappa shape index (κ1) is 17.0. The monoisotopic (exact) mass is 416 g/mol. The summed E-state index contributed by atoms with van der Waals surface area (Å²) in [4.78, 5) is 15.0. The number of carbonyl (C=O) groups is 1. The predicted molar refractivity (Wildman–Crippen MR) is 96.2 cm³/mol. The van der Waals surface area contributed by atoms with Crippen molar-refractivity contribution < 1.29 is 4.79 Å². The van der Waals surface area contributed by atoms with Gasteiger partial charge in [0, 0.05) is 43.4 Å². The van der Waals surface area contributed by atoms with Crippen LogP contribution in [0.3, 0.4) is 0 Å². The number of thiophene rings is 1. The van der Waals surface area contributed by atoms with Crippen LogP contribution in [0.15, 0.2) is 15.2 Å². The van der Waals surface area contributed by atoms with E-state index in [1.54, 1.807) is 11.3 Å². The molecule has 1 amide bonds. The number of carbonyl (C=O) groups excluding carboxylic acids is 1. The molecule has 1 saturated carbocycles. The van der Waals surface area contributed by atoms with Gasteiger partial charge in [0.25, 0.3) is 5.91 Å². The number of aromatic amines is 1. The number of nitrogens with one attached hydrogen (secondary N) is 2. The van der Waals surface area contributed by atoms with Crippen molar-refractivity contribution in [1.29, 1.82) is 0 Å². The molecule has 2 aliphatic rings. The Balaban J connectivity index is 0.00000156. The summed E-state index contributed by atoms with van der Waals surface area (Å²) >= 11 is 5.15. The van der Waals surface area contributed by atoms with E-state index in [2.05, 4.69) is 42.9 Å². The third-order valence-electron chi connectivity index (χ3n) is 4.23. The standard InChI is InChI=1S/C15H17BrN4OS.ClH/c16-13-5-9(8-22-13)7-20(10-1-2-10)15(21)14-11-6-17-4-3-12(11)18-19-14;/h5,8,10,17H,1-4,6-7H2,(H,18,19);1H. The van der Waals surface area contributed by atoms with Gasteiger partial charge in [0.2, 0.25) is 0 Å². The maximum absolute atomic E-state index is 13.0. The quantitative estimate of drug-likeness (QED) is 0.803. The minimum atomic E-state index is 0. The molecule has 0 unspecified atom stereocenters. The molecule has 2 N–H and O–H groups in total. The molecule has 124 valence electrons. The second kappa shape index (κ2) is 6.93. The Bertz CT molecular complexity index is 712. The number of H-pyrrole nitrogens is 1. The first-order valence-electron chi connectivity index (χ1n) is 7.53. The summed E-state index contributed by atoms with van der Waals surface area (Å²) < 4.78 is 1.10. The molecule has 0 bridgehead atoms. The van der Waals surface area contributed by atoms with E-state index in [0.29, 0.717) is 18.3 Å². The highest BCUT2D eigenvalue weighted by Crippen LogP contribution is 2.32. The smallest absolute Gasteiger partial charge is 0.275 e. The highest BCUT2D eigenvalue weighted by Gasteiger charge is 2.35. The number of nitrogens with zero attached hydrogens (tertiary/aromatic N) is 2. The first-order chi connectivity index (χ1) is 10.7. The molecule has 1 aliphatic heterocycles. The summed E-state index contributed by atoms with van der Waals surface area (Å²) in [6.07, 6.45) is 3.11. The number of hydrogen-bond donors (Lipinski definition) is 2. The van der Waals surface area contributed by atoms with Gasteiger partial charge < -0.3 is 10.2 Å². The fourth-order valence-electron chi connectivity index (χ4n) is 2.92. The van der Waals surface area contributed by atoms with Crippen molar-refractivity contribution in [3.63, 3.8) is 0 Å². The van der Waals surface area contributed by atoms with Crippen LogP contribution in [-0.2, 0) is 19.5 Å². The minimum absolute atomic E-state index is 0. The van der Waals surface area contributed by atoms with Gasteiger partial charge >= 0.3 is 0 Å². The van der Waals surface area contributed by atoms with Gasteiger partial charge in [-0.1, -0.05) is 0 Å². The average Bonchev–Trinajstić information content (AvgIpc) is 3.14. The van der Waals surface area contributed by atoms with E-state index >= 15 is 0 Å². The third-order valence-corrected chi connectivity index (χ3v) is 5.79. The van der Waals surface area contributed by atoms with E-state index in [0.717, 1.165) is 47.4 Å². The van der Waals surface area contributed by atoms with Gasteiger partial charge in [-0.15, -0.1) is 23.7 Å². The van der Waals surface area contributed by atoms with E-state index < -0.39 is 0 Å². The molecule has 3 heterocycles. The largest absolute Gasteiger partial charge is 0.330 e. The lowest BCUT2D eigenvalue weighted by Gasteiger charge is -2.22. The van der Waals surface area contributed by atoms with Crippen LogP contribution in [0.25, 0.3) is 0 Å². The topological polar surface area (TPSA) is 61.0 Å². The Hall–Kier alpha value is -0.890. The SMILES string of the molecule is Cl.O=C(c1n[nH]c2c1CNCC2)N(Cc1csc(Br)c1)C1CC1. The van der Waals surface area contributed by atoms with Crippen LogP contribution in [0.4, 0.5) is 0 Å². The highest BCUT2D eigenvalue weighted by molar-refractivity contribution is 9.11. The van der Waals surface area contributed by atoms with Crippen LogP contribution < -0.4 is 5.32 Å². The van der Waals surface area contributed by atoms with Crippen LogP contribution in [0, 0.1) is 0 Å². The van der Waals surface area contributed by atoms with Gasteiger partial charge in [-0.3, -0.25) is 9.89 Å². The van der Waals surface area contributed by atoms with E-state index in [1.165, 1.54) is 5.56 Å². The van der Waals surface area contributed by atoms with Gasteiger partial charge in [0.1, 0.15) is 0 Å². The number of hydrogen-bond acceptors (Lipinski definition) is 4. The molecule has 8 heteroatoms. The molecule has 0 aromatic carbocycles. The van der Waals surface area contributed by atoms with Gasteiger partial charge in [-0.2, -0.15) is 5.10 Å². The van der Waals surface area contributed by atoms with Crippen LogP contribution >= 0.6 is 39.7 Å². The van der Waals surface area contributed by atoms with Crippen LogP contribution in [0.5, 0.6) is 0 Å². The Morgan fingerprint density at radius 1 is 1.48 bits per heavy atom. The van der Waals surface area contributed by atoms with Gasteiger partial charge in [-0.05, 0) is 45.8 Å². The molecule has 2 aromatic rings. The highest BCUT2D eigenvalue weighted by atomic mass is 79.9. The van der Waals surface area contributed by atoms with Crippen molar-refractivity contribution in [2.75, 3.05) is 6.54 Å². The lowest BCUT2D eigenvalue weighted by molar-refractivity contribution is 0.0722. The van der Waals surface area contributed by atoms with Crippen molar-refractivity contribution in [2.45, 2.75) is 38.4 Å². The maximum Gasteiger partial charge on any atom is 0.275 e. The summed E-state index contributed by atoms with van der Waals surface area (Å²) in [7, 11) is 0. The molecule has 0 radical (unpaired) electrons. The lowest BCUT2D eigenvalue weighted by Crippen LogP contribution is -2.34. The number of fused-ring (bicyclic) bond motifs is 1. The van der Waals surface area contributed by atoms with E-state index in [4.69, 9.17) is 0 Å². The second-order valence-corrected chi connectivity index (χ2v) is 8.17. The summed E-state index contributed by atoms with van der Waals surface area (Å²) in [5.41, 5.74) is 3.94. The fourth-order valence-corrected chi connectivity index (χ4v) is 4.12. The molecule has 0 spiro atoms. The molecular weight excluding hydrogens is 400 g/mol.